The SMILES string of the molecule is CCCCCCOC(=O)C(C)NC(=O)OCCCC. The van der Waals surface area contributed by atoms with Crippen LogP contribution >= 0.6 is 0 Å². The zero-order valence-electron chi connectivity index (χ0n) is 12.4. The minimum Gasteiger partial charge on any atom is -0.464 e. The zero-order chi connectivity index (χ0) is 14.5. The summed E-state index contributed by atoms with van der Waals surface area (Å²) in [4.78, 5) is 22.9. The summed E-state index contributed by atoms with van der Waals surface area (Å²) in [6, 6.07) is -0.666. The Balaban J connectivity index is 3.65. The monoisotopic (exact) mass is 273 g/mol. The second-order valence-corrected chi connectivity index (χ2v) is 4.58. The van der Waals surface area contributed by atoms with Gasteiger partial charge in [-0.25, -0.2) is 9.59 Å². The predicted molar refractivity (Wildman–Crippen MR) is 74.0 cm³/mol. The first-order valence-electron chi connectivity index (χ1n) is 7.21. The third kappa shape index (κ3) is 10.4. The van der Waals surface area contributed by atoms with E-state index in [1.807, 2.05) is 6.92 Å². The van der Waals surface area contributed by atoms with Crippen LogP contribution < -0.4 is 5.32 Å². The summed E-state index contributed by atoms with van der Waals surface area (Å²) in [6.45, 7) is 6.52. The second-order valence-electron chi connectivity index (χ2n) is 4.58. The van der Waals surface area contributed by atoms with Gasteiger partial charge in [-0.05, 0) is 19.8 Å². The van der Waals surface area contributed by atoms with Crippen molar-refractivity contribution >= 4 is 12.1 Å². The smallest absolute Gasteiger partial charge is 0.407 e. The van der Waals surface area contributed by atoms with Crippen LogP contribution in [0, 0.1) is 0 Å². The van der Waals surface area contributed by atoms with Crippen molar-refractivity contribution in [2.75, 3.05) is 13.2 Å². The zero-order valence-corrected chi connectivity index (χ0v) is 12.4. The lowest BCUT2D eigenvalue weighted by Gasteiger charge is -2.13. The molecule has 0 aliphatic rings. The highest BCUT2D eigenvalue weighted by atomic mass is 16.6. The fraction of sp³-hybridized carbons (Fsp3) is 0.857. The first-order chi connectivity index (χ1) is 9.11. The van der Waals surface area contributed by atoms with Gasteiger partial charge in [-0.15, -0.1) is 0 Å². The van der Waals surface area contributed by atoms with E-state index in [2.05, 4.69) is 12.2 Å². The topological polar surface area (TPSA) is 64.6 Å². The van der Waals surface area contributed by atoms with Gasteiger partial charge in [0.25, 0.3) is 0 Å². The quantitative estimate of drug-likeness (QED) is 0.491. The summed E-state index contributed by atoms with van der Waals surface area (Å²) in [5.74, 6) is -0.413. The Bertz CT molecular complexity index is 256. The average molecular weight is 273 g/mol. The molecule has 0 aromatic rings. The molecule has 0 saturated heterocycles. The number of amides is 1. The van der Waals surface area contributed by atoms with Crippen molar-refractivity contribution in [3.05, 3.63) is 0 Å². The van der Waals surface area contributed by atoms with Crippen LogP contribution in [-0.2, 0) is 14.3 Å². The predicted octanol–water partition coefficient (Wildman–Crippen LogP) is 3.02. The van der Waals surface area contributed by atoms with Crippen LogP contribution in [0.5, 0.6) is 0 Å². The number of esters is 1. The van der Waals surface area contributed by atoms with E-state index >= 15 is 0 Å². The first kappa shape index (κ1) is 17.7. The van der Waals surface area contributed by atoms with Crippen LogP contribution in [0.3, 0.4) is 0 Å². The Morgan fingerprint density at radius 3 is 2.21 bits per heavy atom. The van der Waals surface area contributed by atoms with Crippen LogP contribution in [0.15, 0.2) is 0 Å². The number of rotatable bonds is 10. The lowest BCUT2D eigenvalue weighted by atomic mass is 10.2. The van der Waals surface area contributed by atoms with Gasteiger partial charge >= 0.3 is 12.1 Å². The standard InChI is InChI=1S/C14H27NO4/c1-4-6-8-9-11-18-13(16)12(3)15-14(17)19-10-7-5-2/h12H,4-11H2,1-3H3,(H,15,17). The molecule has 0 saturated carbocycles. The molecule has 0 heterocycles. The molecule has 5 heteroatoms. The summed E-state index contributed by atoms with van der Waals surface area (Å²) >= 11 is 0. The van der Waals surface area contributed by atoms with Gasteiger partial charge in [-0.1, -0.05) is 39.5 Å². The lowest BCUT2D eigenvalue weighted by Crippen LogP contribution is -2.40. The third-order valence-corrected chi connectivity index (χ3v) is 2.66. The fourth-order valence-corrected chi connectivity index (χ4v) is 1.41. The molecule has 0 aliphatic carbocycles. The molecule has 1 amide bonds. The van der Waals surface area contributed by atoms with Crippen LogP contribution in [0.2, 0.25) is 0 Å². The van der Waals surface area contributed by atoms with E-state index < -0.39 is 18.1 Å². The number of ether oxygens (including phenoxy) is 2. The second kappa shape index (κ2) is 11.8. The summed E-state index contributed by atoms with van der Waals surface area (Å²) in [5, 5.41) is 2.45. The maximum absolute atomic E-state index is 11.5. The molecule has 1 unspecified atom stereocenters. The van der Waals surface area contributed by atoms with E-state index in [4.69, 9.17) is 9.47 Å². The van der Waals surface area contributed by atoms with E-state index in [9.17, 15) is 9.59 Å². The molecule has 0 aromatic heterocycles. The normalized spacial score (nSPS) is 11.7. The van der Waals surface area contributed by atoms with Gasteiger partial charge in [0.1, 0.15) is 6.04 Å². The maximum atomic E-state index is 11.5. The summed E-state index contributed by atoms with van der Waals surface area (Å²) < 4.78 is 9.97. The van der Waals surface area contributed by atoms with Crippen molar-refractivity contribution in [2.24, 2.45) is 0 Å². The van der Waals surface area contributed by atoms with E-state index in [1.54, 1.807) is 6.92 Å². The van der Waals surface area contributed by atoms with Crippen molar-refractivity contribution in [1.29, 1.82) is 0 Å². The molecule has 0 fully saturated rings. The number of carbonyl (C=O) groups is 2. The van der Waals surface area contributed by atoms with Gasteiger partial charge in [-0.3, -0.25) is 0 Å². The number of hydrogen-bond donors (Lipinski definition) is 1. The fourth-order valence-electron chi connectivity index (χ4n) is 1.41. The van der Waals surface area contributed by atoms with Crippen molar-refractivity contribution in [2.45, 2.75) is 65.3 Å². The van der Waals surface area contributed by atoms with Crippen molar-refractivity contribution in [3.8, 4) is 0 Å². The Hall–Kier alpha value is -1.26. The molecule has 1 atom stereocenters. The summed E-state index contributed by atoms with van der Waals surface area (Å²) in [6.07, 6.45) is 5.44. The Labute approximate surface area is 116 Å². The highest BCUT2D eigenvalue weighted by Gasteiger charge is 2.17. The van der Waals surface area contributed by atoms with Crippen molar-refractivity contribution < 1.29 is 19.1 Å². The minimum atomic E-state index is -0.666. The number of alkyl carbamates (subject to hydrolysis) is 1. The van der Waals surface area contributed by atoms with Crippen LogP contribution in [0.4, 0.5) is 4.79 Å². The van der Waals surface area contributed by atoms with Gasteiger partial charge in [0, 0.05) is 0 Å². The molecular weight excluding hydrogens is 246 g/mol. The minimum absolute atomic E-state index is 0.376. The maximum Gasteiger partial charge on any atom is 0.407 e. The molecular formula is C14H27NO4. The van der Waals surface area contributed by atoms with Crippen molar-refractivity contribution in [3.63, 3.8) is 0 Å². The number of nitrogens with one attached hydrogen (secondary N) is 1. The van der Waals surface area contributed by atoms with E-state index in [0.717, 1.165) is 38.5 Å². The van der Waals surface area contributed by atoms with Gasteiger partial charge in [0.15, 0.2) is 0 Å². The van der Waals surface area contributed by atoms with Gasteiger partial charge < -0.3 is 14.8 Å². The number of hydrogen-bond acceptors (Lipinski definition) is 4. The highest BCUT2D eigenvalue weighted by Crippen LogP contribution is 2.00. The Morgan fingerprint density at radius 2 is 1.58 bits per heavy atom. The van der Waals surface area contributed by atoms with Crippen LogP contribution in [-0.4, -0.2) is 31.3 Å². The molecule has 19 heavy (non-hydrogen) atoms. The molecule has 0 rings (SSSR count). The highest BCUT2D eigenvalue weighted by molar-refractivity contribution is 5.80. The van der Waals surface area contributed by atoms with E-state index in [-0.39, 0.29) is 0 Å². The molecule has 112 valence electrons. The molecule has 0 aromatic carbocycles. The summed E-state index contributed by atoms with van der Waals surface area (Å²) in [7, 11) is 0. The molecule has 0 spiro atoms. The summed E-state index contributed by atoms with van der Waals surface area (Å²) in [5.41, 5.74) is 0. The first-order valence-corrected chi connectivity index (χ1v) is 7.21. The third-order valence-electron chi connectivity index (χ3n) is 2.66. The van der Waals surface area contributed by atoms with Gasteiger partial charge in [-0.2, -0.15) is 0 Å². The molecule has 0 bridgehead atoms. The average Bonchev–Trinajstić information content (AvgIpc) is 2.38. The molecule has 0 radical (unpaired) electrons. The number of unbranched alkanes of at least 4 members (excludes halogenated alkanes) is 4. The van der Waals surface area contributed by atoms with Crippen molar-refractivity contribution in [1.82, 2.24) is 5.32 Å². The van der Waals surface area contributed by atoms with Gasteiger partial charge in [0.2, 0.25) is 0 Å². The van der Waals surface area contributed by atoms with Crippen LogP contribution in [0.25, 0.3) is 0 Å². The largest absolute Gasteiger partial charge is 0.464 e. The van der Waals surface area contributed by atoms with Gasteiger partial charge in [0.05, 0.1) is 13.2 Å². The molecule has 5 nitrogen and oxygen atoms in total. The molecule has 0 aliphatic heterocycles. The van der Waals surface area contributed by atoms with E-state index in [0.29, 0.717) is 13.2 Å². The lowest BCUT2D eigenvalue weighted by molar-refractivity contribution is -0.145. The van der Waals surface area contributed by atoms with E-state index in [1.165, 1.54) is 0 Å². The van der Waals surface area contributed by atoms with Crippen LogP contribution in [0.1, 0.15) is 59.3 Å². The Kier molecular flexibility index (Phi) is 11.0. The number of carbonyl (C=O) groups excluding carboxylic acids is 2. The molecule has 1 N–H and O–H groups in total. The Morgan fingerprint density at radius 1 is 0.947 bits per heavy atom.